The summed E-state index contributed by atoms with van der Waals surface area (Å²) in [5, 5.41) is 0. The highest BCUT2D eigenvalue weighted by Crippen LogP contribution is 2.03. The summed E-state index contributed by atoms with van der Waals surface area (Å²) in [6.07, 6.45) is 1.48. The number of rotatable bonds is 7. The van der Waals surface area contributed by atoms with E-state index in [4.69, 9.17) is 18.0 Å². The average molecular weight is 252 g/mol. The smallest absolute Gasteiger partial charge is 0.212 e. The largest absolute Gasteiger partial charge is 0.392 e. The molecule has 0 aromatic carbocycles. The van der Waals surface area contributed by atoms with Crippen molar-refractivity contribution in [2.75, 3.05) is 5.75 Å². The van der Waals surface area contributed by atoms with E-state index in [2.05, 4.69) is 4.72 Å². The van der Waals surface area contributed by atoms with Crippen molar-refractivity contribution in [3.8, 4) is 0 Å². The third-order valence-electron chi connectivity index (χ3n) is 1.80. The van der Waals surface area contributed by atoms with E-state index in [1.165, 1.54) is 0 Å². The van der Waals surface area contributed by atoms with Crippen LogP contribution in [0.25, 0.3) is 0 Å². The lowest BCUT2D eigenvalue weighted by atomic mass is 10.2. The van der Waals surface area contributed by atoms with Gasteiger partial charge < -0.3 is 5.73 Å². The quantitative estimate of drug-likeness (QED) is 0.664. The van der Waals surface area contributed by atoms with Crippen LogP contribution in [0.15, 0.2) is 0 Å². The summed E-state index contributed by atoms with van der Waals surface area (Å²) < 4.78 is 25.7. The Bertz CT molecular complexity index is 299. The number of nitrogens with two attached hydrogens (primary N) is 1. The van der Waals surface area contributed by atoms with Crippen LogP contribution in [0.5, 0.6) is 0 Å². The van der Waals surface area contributed by atoms with Gasteiger partial charge in [-0.15, -0.1) is 0 Å². The summed E-state index contributed by atoms with van der Waals surface area (Å²) in [4.78, 5) is 0.212. The third-order valence-corrected chi connectivity index (χ3v) is 3.83. The molecule has 0 saturated heterocycles. The minimum absolute atomic E-state index is 0.0936. The zero-order valence-corrected chi connectivity index (χ0v) is 11.1. The van der Waals surface area contributed by atoms with Gasteiger partial charge in [-0.2, -0.15) is 0 Å². The van der Waals surface area contributed by atoms with E-state index in [0.717, 1.165) is 6.42 Å². The number of nitrogens with one attached hydrogen (secondary N) is 1. The van der Waals surface area contributed by atoms with E-state index in [-0.39, 0.29) is 16.7 Å². The van der Waals surface area contributed by atoms with Gasteiger partial charge in [0.1, 0.15) is 0 Å². The van der Waals surface area contributed by atoms with Crippen molar-refractivity contribution in [1.29, 1.82) is 0 Å². The lowest BCUT2D eigenvalue weighted by Crippen LogP contribution is -2.44. The maximum atomic E-state index is 11.6. The molecule has 0 aliphatic rings. The SMILES string of the molecule is CCCC(NS(=O)(=O)CC(C)C)C(N)=S. The fourth-order valence-corrected chi connectivity index (χ4v) is 3.16. The van der Waals surface area contributed by atoms with E-state index >= 15 is 0 Å². The highest BCUT2D eigenvalue weighted by molar-refractivity contribution is 7.89. The summed E-state index contributed by atoms with van der Waals surface area (Å²) in [5.41, 5.74) is 5.47. The van der Waals surface area contributed by atoms with Crippen LogP contribution >= 0.6 is 12.2 Å². The van der Waals surface area contributed by atoms with E-state index in [0.29, 0.717) is 6.42 Å². The zero-order valence-electron chi connectivity index (χ0n) is 9.49. The molecule has 4 nitrogen and oxygen atoms in total. The molecule has 1 atom stereocenters. The zero-order chi connectivity index (χ0) is 12.1. The minimum Gasteiger partial charge on any atom is -0.392 e. The Balaban J connectivity index is 4.45. The van der Waals surface area contributed by atoms with Crippen molar-refractivity contribution < 1.29 is 8.42 Å². The van der Waals surface area contributed by atoms with Gasteiger partial charge in [0.25, 0.3) is 0 Å². The Morgan fingerprint density at radius 2 is 2.00 bits per heavy atom. The van der Waals surface area contributed by atoms with Gasteiger partial charge in [0.05, 0.1) is 16.8 Å². The molecule has 0 aliphatic heterocycles. The van der Waals surface area contributed by atoms with E-state index in [9.17, 15) is 8.42 Å². The number of sulfonamides is 1. The highest BCUT2D eigenvalue weighted by atomic mass is 32.2. The van der Waals surface area contributed by atoms with Gasteiger partial charge in [-0.05, 0) is 12.3 Å². The summed E-state index contributed by atoms with van der Waals surface area (Å²) in [7, 11) is -3.26. The molecule has 0 saturated carbocycles. The molecule has 0 rings (SSSR count). The lowest BCUT2D eigenvalue weighted by molar-refractivity contribution is 0.555. The topological polar surface area (TPSA) is 72.2 Å². The first kappa shape index (κ1) is 14.8. The molecule has 6 heteroatoms. The summed E-state index contributed by atoms with van der Waals surface area (Å²) in [5.74, 6) is 0.201. The van der Waals surface area contributed by atoms with Gasteiger partial charge in [-0.1, -0.05) is 39.4 Å². The molecule has 0 fully saturated rings. The summed E-state index contributed by atoms with van der Waals surface area (Å²) in [6, 6.07) is -0.409. The molecule has 0 heterocycles. The monoisotopic (exact) mass is 252 g/mol. The Labute approximate surface area is 97.7 Å². The van der Waals surface area contributed by atoms with Crippen LogP contribution in [0, 0.1) is 5.92 Å². The first-order valence-corrected chi connectivity index (χ1v) is 7.14. The van der Waals surface area contributed by atoms with E-state index < -0.39 is 16.1 Å². The minimum atomic E-state index is -3.26. The molecule has 15 heavy (non-hydrogen) atoms. The van der Waals surface area contributed by atoms with Crippen molar-refractivity contribution in [3.05, 3.63) is 0 Å². The van der Waals surface area contributed by atoms with E-state index in [1.54, 1.807) is 0 Å². The molecule has 0 aromatic heterocycles. The molecular formula is C9H20N2O2S2. The predicted octanol–water partition coefficient (Wildman–Crippen LogP) is 1.02. The van der Waals surface area contributed by atoms with Gasteiger partial charge in [0.2, 0.25) is 10.0 Å². The first-order chi connectivity index (χ1) is 6.78. The van der Waals surface area contributed by atoms with Crippen molar-refractivity contribution >= 4 is 27.2 Å². The van der Waals surface area contributed by atoms with Crippen LogP contribution in [-0.4, -0.2) is 25.2 Å². The van der Waals surface area contributed by atoms with Crippen molar-refractivity contribution in [3.63, 3.8) is 0 Å². The third kappa shape index (κ3) is 6.81. The molecule has 0 spiro atoms. The van der Waals surface area contributed by atoms with E-state index in [1.807, 2.05) is 20.8 Å². The Kier molecular flexibility index (Phi) is 6.31. The van der Waals surface area contributed by atoms with Gasteiger partial charge in [0, 0.05) is 0 Å². The predicted molar refractivity (Wildman–Crippen MR) is 67.2 cm³/mol. The Morgan fingerprint density at radius 1 is 1.47 bits per heavy atom. The van der Waals surface area contributed by atoms with Crippen LogP contribution in [0.4, 0.5) is 0 Å². The molecule has 1 unspecified atom stereocenters. The maximum Gasteiger partial charge on any atom is 0.212 e. The second-order valence-corrected chi connectivity index (χ2v) is 6.31. The number of hydrogen-bond donors (Lipinski definition) is 2. The molecular weight excluding hydrogens is 232 g/mol. The van der Waals surface area contributed by atoms with Crippen molar-refractivity contribution in [1.82, 2.24) is 4.72 Å². The lowest BCUT2D eigenvalue weighted by Gasteiger charge is -2.17. The van der Waals surface area contributed by atoms with Crippen molar-refractivity contribution in [2.45, 2.75) is 39.7 Å². The average Bonchev–Trinajstić information content (AvgIpc) is 2.00. The molecule has 0 aliphatic carbocycles. The number of thiocarbonyl (C=S) groups is 1. The van der Waals surface area contributed by atoms with Crippen LogP contribution in [0.2, 0.25) is 0 Å². The number of hydrogen-bond acceptors (Lipinski definition) is 3. The summed E-state index contributed by atoms with van der Waals surface area (Å²) >= 11 is 4.81. The second-order valence-electron chi connectivity index (χ2n) is 4.04. The van der Waals surface area contributed by atoms with Crippen molar-refractivity contribution in [2.24, 2.45) is 11.7 Å². The molecule has 0 amide bonds. The first-order valence-electron chi connectivity index (χ1n) is 5.07. The van der Waals surface area contributed by atoms with Gasteiger partial charge in [0.15, 0.2) is 0 Å². The Morgan fingerprint density at radius 3 is 2.33 bits per heavy atom. The van der Waals surface area contributed by atoms with Crippen LogP contribution in [0.1, 0.15) is 33.6 Å². The molecule has 0 bridgehead atoms. The molecule has 3 N–H and O–H groups in total. The second kappa shape index (κ2) is 6.40. The molecule has 0 aromatic rings. The summed E-state index contributed by atoms with van der Waals surface area (Å²) in [6.45, 7) is 5.67. The van der Waals surface area contributed by atoms with Gasteiger partial charge in [-0.3, -0.25) is 0 Å². The van der Waals surface area contributed by atoms with Crippen LogP contribution in [0.3, 0.4) is 0 Å². The van der Waals surface area contributed by atoms with Crippen LogP contribution in [-0.2, 0) is 10.0 Å². The van der Waals surface area contributed by atoms with Gasteiger partial charge >= 0.3 is 0 Å². The van der Waals surface area contributed by atoms with Gasteiger partial charge in [-0.25, -0.2) is 13.1 Å². The van der Waals surface area contributed by atoms with Crippen LogP contribution < -0.4 is 10.5 Å². The highest BCUT2D eigenvalue weighted by Gasteiger charge is 2.20. The fourth-order valence-electron chi connectivity index (χ4n) is 1.25. The fraction of sp³-hybridized carbons (Fsp3) is 0.889. The standard InChI is InChI=1S/C9H20N2O2S2/c1-4-5-8(9(10)14)11-15(12,13)6-7(2)3/h7-8,11H,4-6H2,1-3H3,(H2,10,14). The normalized spacial score (nSPS) is 14.1. The maximum absolute atomic E-state index is 11.6. The Hall–Kier alpha value is -0.200. The molecule has 90 valence electrons. The molecule has 0 radical (unpaired) electrons.